The van der Waals surface area contributed by atoms with Gasteiger partial charge in [-0.05, 0) is 61.1 Å². The number of anilines is 2. The quantitative estimate of drug-likeness (QED) is 0.425. The fourth-order valence-corrected chi connectivity index (χ4v) is 4.92. The van der Waals surface area contributed by atoms with Gasteiger partial charge in [-0.1, -0.05) is 12.1 Å². The van der Waals surface area contributed by atoms with Crippen LogP contribution in [0.5, 0.6) is 0 Å². The average Bonchev–Trinajstić information content (AvgIpc) is 3.46. The average molecular weight is 514 g/mol. The van der Waals surface area contributed by atoms with E-state index in [0.717, 1.165) is 48.1 Å². The first kappa shape index (κ1) is 25.2. The van der Waals surface area contributed by atoms with E-state index in [1.807, 2.05) is 29.2 Å². The molecule has 1 amide bonds. The maximum atomic E-state index is 13.1. The summed E-state index contributed by atoms with van der Waals surface area (Å²) in [5.41, 5.74) is 9.65. The first-order valence-electron chi connectivity index (χ1n) is 12.9. The maximum Gasteiger partial charge on any atom is 0.267 e. The highest BCUT2D eigenvalue weighted by atomic mass is 16.3. The van der Waals surface area contributed by atoms with Crippen LogP contribution in [0.2, 0.25) is 0 Å². The van der Waals surface area contributed by atoms with Gasteiger partial charge in [0, 0.05) is 62.2 Å². The number of piperazine rings is 1. The number of aromatic nitrogens is 4. The zero-order chi connectivity index (χ0) is 26.3. The van der Waals surface area contributed by atoms with Crippen LogP contribution in [-0.2, 0) is 19.3 Å². The van der Waals surface area contributed by atoms with Gasteiger partial charge in [0.2, 0.25) is 5.95 Å². The van der Waals surface area contributed by atoms with Crippen LogP contribution < -0.4 is 16.2 Å². The summed E-state index contributed by atoms with van der Waals surface area (Å²) in [5.74, 6) is 1.21. The monoisotopic (exact) mass is 513 g/mol. The molecule has 1 fully saturated rings. The molecule has 0 saturated carbocycles. The van der Waals surface area contributed by atoms with E-state index in [1.165, 1.54) is 6.26 Å². The van der Waals surface area contributed by atoms with Gasteiger partial charge < -0.3 is 20.0 Å². The van der Waals surface area contributed by atoms with Crippen molar-refractivity contribution in [3.8, 4) is 0 Å². The van der Waals surface area contributed by atoms with Crippen molar-refractivity contribution in [1.82, 2.24) is 25.1 Å². The number of carbonyl (C=O) groups is 1. The third-order valence-corrected chi connectivity index (χ3v) is 6.87. The zero-order valence-electron chi connectivity index (χ0n) is 21.2. The number of nitrogens with one attached hydrogen (secondary N) is 1. The summed E-state index contributed by atoms with van der Waals surface area (Å²) < 4.78 is 4.61. The minimum atomic E-state index is -0.0626. The molecule has 4 aromatic rings. The Bertz CT molecular complexity index is 1410. The Morgan fingerprint density at radius 3 is 2.42 bits per heavy atom. The highest BCUT2D eigenvalue weighted by Crippen LogP contribution is 2.22. The van der Waals surface area contributed by atoms with Gasteiger partial charge >= 0.3 is 0 Å². The normalized spacial score (nSPS) is 14.8. The molecule has 3 aromatic heterocycles. The lowest BCUT2D eigenvalue weighted by atomic mass is 9.90. The molecule has 2 aliphatic rings. The summed E-state index contributed by atoms with van der Waals surface area (Å²) in [6, 6.07) is 13.0. The number of carbonyl (C=O) groups excluding carboxylic acids is 1. The van der Waals surface area contributed by atoms with Crippen molar-refractivity contribution in [3.05, 3.63) is 99.4 Å². The molecule has 10 heteroatoms. The van der Waals surface area contributed by atoms with E-state index in [0.29, 0.717) is 50.0 Å². The lowest BCUT2D eigenvalue weighted by Crippen LogP contribution is -2.49. The number of nitrogens with two attached hydrogens (primary N) is 1. The molecule has 4 heterocycles. The fraction of sp³-hybridized carbons (Fsp3) is 0.321. The highest BCUT2D eigenvalue weighted by molar-refractivity contribution is 5.94. The molecule has 196 valence electrons. The molecule has 0 unspecified atom stereocenters. The number of furan rings is 1. The maximum absolute atomic E-state index is 13.1. The van der Waals surface area contributed by atoms with E-state index in [4.69, 9.17) is 5.73 Å². The van der Waals surface area contributed by atoms with Crippen LogP contribution in [0.1, 0.15) is 45.6 Å². The smallest absolute Gasteiger partial charge is 0.267 e. The van der Waals surface area contributed by atoms with Gasteiger partial charge in [-0.3, -0.25) is 9.59 Å². The summed E-state index contributed by atoms with van der Waals surface area (Å²) in [6.45, 7) is 2.69. The summed E-state index contributed by atoms with van der Waals surface area (Å²) >= 11 is 0. The summed E-state index contributed by atoms with van der Waals surface area (Å²) in [6.07, 6.45) is 9.47. The molecule has 0 spiro atoms. The van der Waals surface area contributed by atoms with Crippen molar-refractivity contribution in [2.75, 3.05) is 36.8 Å². The van der Waals surface area contributed by atoms with E-state index in [9.17, 15) is 9.59 Å². The fourth-order valence-electron chi connectivity index (χ4n) is 4.92. The molecule has 1 aliphatic carbocycles. The number of benzene rings is 1. The molecular formula is C28H31N7O3. The summed E-state index contributed by atoms with van der Waals surface area (Å²) in [7, 11) is 0. The zero-order valence-corrected chi connectivity index (χ0v) is 21.2. The predicted molar refractivity (Wildman–Crippen MR) is 144 cm³/mol. The van der Waals surface area contributed by atoms with Crippen molar-refractivity contribution in [2.24, 2.45) is 0 Å². The molecule has 6 rings (SSSR count). The molecule has 38 heavy (non-hydrogen) atoms. The Labute approximate surface area is 220 Å². The number of hydrogen-bond donors (Lipinski definition) is 2. The van der Waals surface area contributed by atoms with Gasteiger partial charge in [-0.2, -0.15) is 5.10 Å². The molecule has 0 radical (unpaired) electrons. The highest BCUT2D eigenvalue weighted by Gasteiger charge is 2.24. The lowest BCUT2D eigenvalue weighted by Gasteiger charge is -2.34. The SMILES string of the molecule is Nc1ccco1.O=C(c1cccc(Cc2n[nH]c(=O)c3c2CCCC3)c1)N1CCN(c2ncccn2)CC1. The van der Waals surface area contributed by atoms with Gasteiger partial charge in [-0.15, -0.1) is 0 Å². The minimum absolute atomic E-state index is 0.0388. The number of fused-ring (bicyclic) bond motifs is 1. The van der Waals surface area contributed by atoms with Crippen LogP contribution in [0.15, 0.2) is 70.3 Å². The predicted octanol–water partition coefficient (Wildman–Crippen LogP) is 2.85. The van der Waals surface area contributed by atoms with E-state index < -0.39 is 0 Å². The Balaban J connectivity index is 0.000000433. The van der Waals surface area contributed by atoms with Gasteiger partial charge in [0.25, 0.3) is 11.5 Å². The van der Waals surface area contributed by atoms with Gasteiger partial charge in [-0.25, -0.2) is 15.1 Å². The van der Waals surface area contributed by atoms with Crippen LogP contribution >= 0.6 is 0 Å². The lowest BCUT2D eigenvalue weighted by molar-refractivity contribution is 0.0746. The number of nitrogens with zero attached hydrogens (tertiary/aromatic N) is 5. The van der Waals surface area contributed by atoms with Crippen LogP contribution in [0.3, 0.4) is 0 Å². The van der Waals surface area contributed by atoms with E-state index in [-0.39, 0.29) is 11.5 Å². The molecule has 1 aromatic carbocycles. The molecule has 10 nitrogen and oxygen atoms in total. The number of rotatable bonds is 4. The summed E-state index contributed by atoms with van der Waals surface area (Å²) in [5, 5.41) is 7.00. The number of H-pyrrole nitrogens is 1. The van der Waals surface area contributed by atoms with Crippen molar-refractivity contribution in [3.63, 3.8) is 0 Å². The van der Waals surface area contributed by atoms with E-state index in [1.54, 1.807) is 30.6 Å². The third kappa shape index (κ3) is 5.91. The Morgan fingerprint density at radius 2 is 1.74 bits per heavy atom. The number of amides is 1. The van der Waals surface area contributed by atoms with Crippen molar-refractivity contribution < 1.29 is 9.21 Å². The summed E-state index contributed by atoms with van der Waals surface area (Å²) in [4.78, 5) is 37.9. The first-order chi connectivity index (χ1) is 18.6. The molecule has 0 bridgehead atoms. The van der Waals surface area contributed by atoms with Crippen molar-refractivity contribution >= 4 is 17.7 Å². The van der Waals surface area contributed by atoms with E-state index in [2.05, 4.69) is 29.5 Å². The molecular weight excluding hydrogens is 482 g/mol. The first-order valence-corrected chi connectivity index (χ1v) is 12.9. The van der Waals surface area contributed by atoms with Crippen molar-refractivity contribution in [2.45, 2.75) is 32.1 Å². The van der Waals surface area contributed by atoms with Gasteiger partial charge in [0.05, 0.1) is 12.0 Å². The largest absolute Gasteiger partial charge is 0.449 e. The van der Waals surface area contributed by atoms with Crippen LogP contribution in [0.25, 0.3) is 0 Å². The molecule has 3 N–H and O–H groups in total. The molecule has 1 aliphatic heterocycles. The van der Waals surface area contributed by atoms with E-state index >= 15 is 0 Å². The van der Waals surface area contributed by atoms with Crippen molar-refractivity contribution in [1.29, 1.82) is 0 Å². The Morgan fingerprint density at radius 1 is 0.974 bits per heavy atom. The Hall–Kier alpha value is -4.47. The molecule has 1 saturated heterocycles. The third-order valence-electron chi connectivity index (χ3n) is 6.87. The molecule has 0 atom stereocenters. The van der Waals surface area contributed by atoms with Crippen LogP contribution in [0, 0.1) is 0 Å². The Kier molecular flexibility index (Phi) is 7.77. The topological polar surface area (TPSA) is 134 Å². The second kappa shape index (κ2) is 11.7. The number of hydrogen-bond acceptors (Lipinski definition) is 8. The van der Waals surface area contributed by atoms with Gasteiger partial charge in [0.1, 0.15) is 0 Å². The minimum Gasteiger partial charge on any atom is -0.449 e. The second-order valence-electron chi connectivity index (χ2n) is 9.38. The number of aromatic amines is 1. The number of nitrogen functional groups attached to an aromatic ring is 1. The van der Waals surface area contributed by atoms with Crippen LogP contribution in [0.4, 0.5) is 11.8 Å². The standard InChI is InChI=1S/C24H26N6O2.C4H5NO/c31-22-20-8-2-1-7-19(20)21(27-28-22)16-17-5-3-6-18(15-17)23(32)29-11-13-30(14-12-29)24-25-9-4-10-26-24;5-4-2-1-3-6-4/h3-6,9-10,15H,1-2,7-8,11-14,16H2,(H,28,31);1-3H,5H2. The van der Waals surface area contributed by atoms with Gasteiger partial charge in [0.15, 0.2) is 5.88 Å². The van der Waals surface area contributed by atoms with Crippen LogP contribution in [-0.4, -0.2) is 57.2 Å². The second-order valence-corrected chi connectivity index (χ2v) is 9.38.